The maximum absolute atomic E-state index is 10.2. The second kappa shape index (κ2) is 7.46. The first kappa shape index (κ1) is 15.9. The molecule has 0 saturated carbocycles. The molecule has 0 spiro atoms. The Balaban J connectivity index is 2.63. The Morgan fingerprint density at radius 1 is 1.11 bits per heavy atom. The predicted molar refractivity (Wildman–Crippen MR) is 80.3 cm³/mol. The van der Waals surface area contributed by atoms with Gasteiger partial charge in [-0.3, -0.25) is 0 Å². The number of aliphatic hydroxyl groups excluding tert-OH is 2. The van der Waals surface area contributed by atoms with Gasteiger partial charge in [-0.25, -0.2) is 0 Å². The van der Waals surface area contributed by atoms with Crippen LogP contribution in [0.3, 0.4) is 0 Å². The fourth-order valence-corrected chi connectivity index (χ4v) is 2.51. The van der Waals surface area contributed by atoms with E-state index >= 15 is 0 Å². The van der Waals surface area contributed by atoms with E-state index in [9.17, 15) is 5.11 Å². The van der Waals surface area contributed by atoms with E-state index in [1.807, 2.05) is 26.0 Å². The Bertz CT molecular complexity index is 410. The van der Waals surface area contributed by atoms with Crippen LogP contribution in [0.4, 0.5) is 0 Å². The zero-order valence-electron chi connectivity index (χ0n) is 12.5. The Hall–Kier alpha value is -1.12. The average Bonchev–Trinajstić information content (AvgIpc) is 2.26. The molecule has 0 aliphatic rings. The molecule has 0 aliphatic heterocycles. The van der Waals surface area contributed by atoms with E-state index in [0.717, 1.165) is 36.0 Å². The lowest BCUT2D eigenvalue weighted by atomic mass is 9.95. The minimum atomic E-state index is -0.535. The average molecular weight is 262 g/mol. The zero-order valence-corrected chi connectivity index (χ0v) is 12.5. The highest BCUT2D eigenvalue weighted by Gasteiger charge is 2.10. The van der Waals surface area contributed by atoms with E-state index in [0.29, 0.717) is 0 Å². The molecule has 0 heterocycles. The van der Waals surface area contributed by atoms with Crippen LogP contribution in [0.25, 0.3) is 0 Å². The molecule has 106 valence electrons. The summed E-state index contributed by atoms with van der Waals surface area (Å²) in [5.74, 6) is 0. The van der Waals surface area contributed by atoms with Gasteiger partial charge < -0.3 is 10.2 Å². The van der Waals surface area contributed by atoms with Gasteiger partial charge in [0, 0.05) is 0 Å². The highest BCUT2D eigenvalue weighted by atomic mass is 16.3. The fourth-order valence-electron chi connectivity index (χ4n) is 2.51. The molecule has 2 atom stereocenters. The van der Waals surface area contributed by atoms with Crippen molar-refractivity contribution in [3.8, 4) is 0 Å². The van der Waals surface area contributed by atoms with Gasteiger partial charge in [-0.05, 0) is 63.6 Å². The van der Waals surface area contributed by atoms with Crippen LogP contribution in [0.2, 0.25) is 0 Å². The van der Waals surface area contributed by atoms with E-state index in [-0.39, 0.29) is 6.10 Å². The molecule has 0 unspecified atom stereocenters. The van der Waals surface area contributed by atoms with Gasteiger partial charge >= 0.3 is 0 Å². The Morgan fingerprint density at radius 3 is 2.21 bits per heavy atom. The Labute approximate surface area is 116 Å². The van der Waals surface area contributed by atoms with Crippen LogP contribution in [-0.2, 0) is 0 Å². The zero-order chi connectivity index (χ0) is 14.4. The first-order chi connectivity index (χ1) is 8.91. The lowest BCUT2D eigenvalue weighted by Gasteiger charge is -2.14. The quantitative estimate of drug-likeness (QED) is 0.605. The third-order valence-electron chi connectivity index (χ3n) is 3.34. The number of benzene rings is 1. The molecule has 0 fully saturated rings. The third-order valence-corrected chi connectivity index (χ3v) is 3.34. The maximum Gasteiger partial charge on any atom is 0.0976 e. The van der Waals surface area contributed by atoms with Crippen molar-refractivity contribution in [3.63, 3.8) is 0 Å². The van der Waals surface area contributed by atoms with Crippen molar-refractivity contribution in [1.29, 1.82) is 0 Å². The van der Waals surface area contributed by atoms with Crippen molar-refractivity contribution in [2.75, 3.05) is 0 Å². The van der Waals surface area contributed by atoms with Crippen molar-refractivity contribution in [3.05, 3.63) is 46.5 Å². The molecule has 1 rings (SSSR count). The highest BCUT2D eigenvalue weighted by Crippen LogP contribution is 2.24. The van der Waals surface area contributed by atoms with Crippen molar-refractivity contribution in [2.45, 2.75) is 59.2 Å². The van der Waals surface area contributed by atoms with E-state index in [4.69, 9.17) is 5.11 Å². The largest absolute Gasteiger partial charge is 0.393 e. The molecule has 2 N–H and O–H groups in total. The van der Waals surface area contributed by atoms with Gasteiger partial charge in [0.1, 0.15) is 0 Å². The molecule has 2 nitrogen and oxygen atoms in total. The lowest BCUT2D eigenvalue weighted by molar-refractivity contribution is 0.182. The van der Waals surface area contributed by atoms with E-state index in [1.165, 1.54) is 5.56 Å². The van der Waals surface area contributed by atoms with Gasteiger partial charge in [-0.2, -0.15) is 0 Å². The van der Waals surface area contributed by atoms with E-state index in [2.05, 4.69) is 19.1 Å². The molecule has 2 heteroatoms. The molecule has 0 aromatic heterocycles. The smallest absolute Gasteiger partial charge is 0.0976 e. The second-order valence-corrected chi connectivity index (χ2v) is 5.47. The van der Waals surface area contributed by atoms with Gasteiger partial charge in [0.15, 0.2) is 0 Å². The summed E-state index contributed by atoms with van der Waals surface area (Å²) in [6.07, 6.45) is 5.74. The third kappa shape index (κ3) is 5.17. The van der Waals surface area contributed by atoms with Crippen LogP contribution in [0, 0.1) is 20.8 Å². The summed E-state index contributed by atoms with van der Waals surface area (Å²) in [6, 6.07) is 4.21. The molecular formula is C17H26O2. The van der Waals surface area contributed by atoms with Crippen molar-refractivity contribution >= 4 is 0 Å². The minimum Gasteiger partial charge on any atom is -0.393 e. The van der Waals surface area contributed by atoms with Crippen LogP contribution < -0.4 is 0 Å². The van der Waals surface area contributed by atoms with Crippen LogP contribution >= 0.6 is 0 Å². The number of unbranched alkanes of at least 4 members (excludes halogenated alkanes) is 1. The molecule has 0 amide bonds. The van der Waals surface area contributed by atoms with Crippen LogP contribution in [0.15, 0.2) is 24.3 Å². The number of allylic oxidation sites excluding steroid dienone is 1. The van der Waals surface area contributed by atoms with Gasteiger partial charge in [0.05, 0.1) is 12.2 Å². The fraction of sp³-hybridized carbons (Fsp3) is 0.529. The predicted octanol–water partition coefficient (Wildman–Crippen LogP) is 3.75. The van der Waals surface area contributed by atoms with Gasteiger partial charge in [0.25, 0.3) is 0 Å². The number of hydrogen-bond donors (Lipinski definition) is 2. The van der Waals surface area contributed by atoms with E-state index in [1.54, 1.807) is 6.92 Å². The summed E-state index contributed by atoms with van der Waals surface area (Å²) in [5, 5.41) is 19.4. The first-order valence-electron chi connectivity index (χ1n) is 7.02. The first-order valence-corrected chi connectivity index (χ1v) is 7.02. The molecule has 1 aromatic carbocycles. The number of aryl methyl sites for hydroxylation is 3. The maximum atomic E-state index is 10.2. The van der Waals surface area contributed by atoms with Crippen LogP contribution in [0.1, 0.15) is 54.5 Å². The molecule has 19 heavy (non-hydrogen) atoms. The topological polar surface area (TPSA) is 40.5 Å². The number of hydrogen-bond acceptors (Lipinski definition) is 2. The summed E-state index contributed by atoms with van der Waals surface area (Å²) in [4.78, 5) is 0. The summed E-state index contributed by atoms with van der Waals surface area (Å²) in [5.41, 5.74) is 4.52. The molecular weight excluding hydrogens is 236 g/mol. The van der Waals surface area contributed by atoms with Gasteiger partial charge in [-0.15, -0.1) is 0 Å². The summed E-state index contributed by atoms with van der Waals surface area (Å²) in [7, 11) is 0. The Morgan fingerprint density at radius 2 is 1.68 bits per heavy atom. The SMILES string of the molecule is Cc1cc(C)c([C@@H](O)/C=C/CCC[C@@H](C)O)c(C)c1. The molecule has 0 bridgehead atoms. The van der Waals surface area contributed by atoms with Crippen LogP contribution in [0.5, 0.6) is 0 Å². The lowest BCUT2D eigenvalue weighted by Crippen LogP contribution is -2.01. The molecule has 1 aromatic rings. The minimum absolute atomic E-state index is 0.236. The molecule has 0 aliphatic carbocycles. The highest BCUT2D eigenvalue weighted by molar-refractivity contribution is 5.40. The van der Waals surface area contributed by atoms with Crippen molar-refractivity contribution < 1.29 is 10.2 Å². The monoisotopic (exact) mass is 262 g/mol. The standard InChI is InChI=1S/C17H26O2/c1-12-10-13(2)17(14(3)11-12)16(19)9-7-5-6-8-15(4)18/h7,9-11,15-16,18-19H,5-6,8H2,1-4H3/b9-7+/t15-,16+/m1/s1. The second-order valence-electron chi connectivity index (χ2n) is 5.47. The summed E-state index contributed by atoms with van der Waals surface area (Å²) < 4.78 is 0. The molecule has 0 saturated heterocycles. The number of aliphatic hydroxyl groups is 2. The number of rotatable bonds is 6. The molecule has 0 radical (unpaired) electrons. The summed E-state index contributed by atoms with van der Waals surface area (Å²) >= 11 is 0. The van der Waals surface area contributed by atoms with Gasteiger partial charge in [-0.1, -0.05) is 29.8 Å². The Kier molecular flexibility index (Phi) is 6.26. The van der Waals surface area contributed by atoms with Crippen LogP contribution in [-0.4, -0.2) is 16.3 Å². The van der Waals surface area contributed by atoms with Crippen molar-refractivity contribution in [2.24, 2.45) is 0 Å². The normalized spacial score (nSPS) is 14.8. The van der Waals surface area contributed by atoms with Crippen molar-refractivity contribution in [1.82, 2.24) is 0 Å². The summed E-state index contributed by atoms with van der Waals surface area (Å²) in [6.45, 7) is 7.96. The van der Waals surface area contributed by atoms with E-state index < -0.39 is 6.10 Å². The van der Waals surface area contributed by atoms with Gasteiger partial charge in [0.2, 0.25) is 0 Å².